The first kappa shape index (κ1) is 14.6. The zero-order valence-electron chi connectivity index (χ0n) is 11.4. The van der Waals surface area contributed by atoms with Gasteiger partial charge in [0.25, 0.3) is 0 Å². The molecule has 0 aromatic heterocycles. The highest BCUT2D eigenvalue weighted by molar-refractivity contribution is 6.34. The molecule has 0 aliphatic rings. The van der Waals surface area contributed by atoms with E-state index in [1.54, 1.807) is 0 Å². The van der Waals surface area contributed by atoms with Crippen LogP contribution in [-0.2, 0) is 16.0 Å². The van der Waals surface area contributed by atoms with Gasteiger partial charge in [0.1, 0.15) is 11.5 Å². The molecular formula is C16H16N2O3. The average Bonchev–Trinajstić information content (AvgIpc) is 2.50. The van der Waals surface area contributed by atoms with Crippen LogP contribution in [-0.4, -0.2) is 18.4 Å². The molecule has 0 spiro atoms. The second kappa shape index (κ2) is 7.09. The van der Waals surface area contributed by atoms with E-state index in [1.165, 1.54) is 0 Å². The monoisotopic (exact) mass is 284 g/mol. The topological polar surface area (TPSA) is 81.4 Å². The van der Waals surface area contributed by atoms with Crippen LogP contribution in [0.2, 0.25) is 0 Å². The molecule has 0 saturated heterocycles. The Morgan fingerprint density at radius 1 is 0.952 bits per heavy atom. The van der Waals surface area contributed by atoms with Crippen molar-refractivity contribution in [3.8, 4) is 11.5 Å². The average molecular weight is 284 g/mol. The Bertz CT molecular complexity index is 609. The van der Waals surface area contributed by atoms with Crippen LogP contribution in [0, 0.1) is 0 Å². The zero-order valence-corrected chi connectivity index (χ0v) is 11.4. The molecule has 21 heavy (non-hydrogen) atoms. The van der Waals surface area contributed by atoms with Crippen molar-refractivity contribution in [1.29, 1.82) is 0 Å². The quantitative estimate of drug-likeness (QED) is 0.819. The van der Waals surface area contributed by atoms with Gasteiger partial charge in [-0.05, 0) is 36.2 Å². The van der Waals surface area contributed by atoms with Crippen LogP contribution in [0.25, 0.3) is 0 Å². The van der Waals surface area contributed by atoms with E-state index in [0.29, 0.717) is 13.0 Å². The minimum absolute atomic E-state index is 0.362. The van der Waals surface area contributed by atoms with Crippen LogP contribution in [0.5, 0.6) is 11.5 Å². The summed E-state index contributed by atoms with van der Waals surface area (Å²) in [7, 11) is 0. The van der Waals surface area contributed by atoms with Crippen molar-refractivity contribution in [1.82, 2.24) is 5.32 Å². The van der Waals surface area contributed by atoms with E-state index >= 15 is 0 Å². The van der Waals surface area contributed by atoms with Crippen LogP contribution in [0.1, 0.15) is 5.56 Å². The lowest BCUT2D eigenvalue weighted by Gasteiger charge is -2.07. The third-order valence-electron chi connectivity index (χ3n) is 2.83. The number of amides is 2. The third kappa shape index (κ3) is 4.65. The number of nitrogens with two attached hydrogens (primary N) is 1. The highest BCUT2D eigenvalue weighted by Gasteiger charge is 2.06. The Labute approximate surface area is 122 Å². The van der Waals surface area contributed by atoms with E-state index in [4.69, 9.17) is 10.5 Å². The standard InChI is InChI=1S/C16H16N2O3/c17-15(19)16(20)18-11-10-12-6-8-14(9-7-12)21-13-4-2-1-3-5-13/h1-9H,10-11H2,(H2,17,19)(H,18,20). The molecule has 108 valence electrons. The molecule has 0 atom stereocenters. The molecule has 5 heteroatoms. The molecule has 0 aliphatic carbocycles. The molecule has 0 heterocycles. The zero-order chi connectivity index (χ0) is 15.1. The summed E-state index contributed by atoms with van der Waals surface area (Å²) in [6.45, 7) is 0.362. The van der Waals surface area contributed by atoms with Gasteiger partial charge in [-0.2, -0.15) is 0 Å². The van der Waals surface area contributed by atoms with Gasteiger partial charge in [-0.25, -0.2) is 0 Å². The molecule has 3 N–H and O–H groups in total. The summed E-state index contributed by atoms with van der Waals surface area (Å²) < 4.78 is 5.68. The first-order valence-electron chi connectivity index (χ1n) is 6.54. The molecule has 0 radical (unpaired) electrons. The highest BCUT2D eigenvalue weighted by atomic mass is 16.5. The van der Waals surface area contributed by atoms with Crippen molar-refractivity contribution in [2.24, 2.45) is 5.73 Å². The maximum absolute atomic E-state index is 11.0. The SMILES string of the molecule is NC(=O)C(=O)NCCc1ccc(Oc2ccccc2)cc1. The summed E-state index contributed by atoms with van der Waals surface area (Å²) in [6.07, 6.45) is 0.616. The van der Waals surface area contributed by atoms with Crippen LogP contribution >= 0.6 is 0 Å². The fraction of sp³-hybridized carbons (Fsp3) is 0.125. The van der Waals surface area contributed by atoms with Crippen molar-refractivity contribution >= 4 is 11.8 Å². The first-order chi connectivity index (χ1) is 10.1. The molecule has 0 bridgehead atoms. The Kier molecular flexibility index (Phi) is 4.93. The van der Waals surface area contributed by atoms with Crippen molar-refractivity contribution in [2.75, 3.05) is 6.54 Å². The van der Waals surface area contributed by atoms with E-state index in [0.717, 1.165) is 17.1 Å². The number of hydrogen-bond acceptors (Lipinski definition) is 3. The maximum atomic E-state index is 11.0. The van der Waals surface area contributed by atoms with Crippen LogP contribution in [0.3, 0.4) is 0 Å². The van der Waals surface area contributed by atoms with Gasteiger partial charge in [0.05, 0.1) is 0 Å². The first-order valence-corrected chi connectivity index (χ1v) is 6.54. The van der Waals surface area contributed by atoms with Gasteiger partial charge in [-0.15, -0.1) is 0 Å². The van der Waals surface area contributed by atoms with E-state index in [9.17, 15) is 9.59 Å². The molecule has 2 amide bonds. The fourth-order valence-electron chi connectivity index (χ4n) is 1.76. The largest absolute Gasteiger partial charge is 0.457 e. The van der Waals surface area contributed by atoms with Crippen LogP contribution in [0.4, 0.5) is 0 Å². The number of nitrogens with one attached hydrogen (secondary N) is 1. The summed E-state index contributed by atoms with van der Waals surface area (Å²) in [6, 6.07) is 17.0. The molecule has 2 aromatic rings. The number of primary amides is 1. The molecule has 0 aliphatic heterocycles. The summed E-state index contributed by atoms with van der Waals surface area (Å²) in [5.41, 5.74) is 5.87. The van der Waals surface area contributed by atoms with Gasteiger partial charge >= 0.3 is 11.8 Å². The molecular weight excluding hydrogens is 268 g/mol. The number of carbonyl (C=O) groups excluding carboxylic acids is 2. The van der Waals surface area contributed by atoms with E-state index in [-0.39, 0.29) is 0 Å². The van der Waals surface area contributed by atoms with Crippen molar-refractivity contribution in [3.63, 3.8) is 0 Å². The number of carbonyl (C=O) groups is 2. The minimum Gasteiger partial charge on any atom is -0.457 e. The Morgan fingerprint density at radius 2 is 1.57 bits per heavy atom. The predicted molar refractivity (Wildman–Crippen MR) is 78.9 cm³/mol. The number of hydrogen-bond donors (Lipinski definition) is 2. The second-order valence-electron chi connectivity index (χ2n) is 4.43. The summed E-state index contributed by atoms with van der Waals surface area (Å²) >= 11 is 0. The van der Waals surface area contributed by atoms with Gasteiger partial charge in [-0.1, -0.05) is 30.3 Å². The highest BCUT2D eigenvalue weighted by Crippen LogP contribution is 2.21. The summed E-state index contributed by atoms with van der Waals surface area (Å²) in [5.74, 6) is -0.217. The number of rotatable bonds is 5. The number of para-hydroxylation sites is 1. The molecule has 0 fully saturated rings. The lowest BCUT2D eigenvalue weighted by Crippen LogP contribution is -2.37. The predicted octanol–water partition coefficient (Wildman–Crippen LogP) is 1.62. The van der Waals surface area contributed by atoms with Gasteiger partial charge in [0.2, 0.25) is 0 Å². The number of benzene rings is 2. The fourth-order valence-corrected chi connectivity index (χ4v) is 1.76. The molecule has 2 aromatic carbocycles. The Morgan fingerprint density at radius 3 is 2.19 bits per heavy atom. The van der Waals surface area contributed by atoms with Gasteiger partial charge in [0, 0.05) is 6.54 Å². The lowest BCUT2D eigenvalue weighted by molar-refractivity contribution is -0.137. The second-order valence-corrected chi connectivity index (χ2v) is 4.43. The van der Waals surface area contributed by atoms with Gasteiger partial charge in [0.15, 0.2) is 0 Å². The number of ether oxygens (including phenoxy) is 1. The van der Waals surface area contributed by atoms with Crippen LogP contribution < -0.4 is 15.8 Å². The van der Waals surface area contributed by atoms with Crippen molar-refractivity contribution < 1.29 is 14.3 Å². The Balaban J connectivity index is 1.85. The van der Waals surface area contributed by atoms with Crippen LogP contribution in [0.15, 0.2) is 54.6 Å². The minimum atomic E-state index is -0.971. The smallest absolute Gasteiger partial charge is 0.309 e. The normalized spacial score (nSPS) is 9.90. The van der Waals surface area contributed by atoms with E-state index in [1.807, 2.05) is 54.6 Å². The molecule has 0 unspecified atom stereocenters. The lowest BCUT2D eigenvalue weighted by atomic mass is 10.1. The maximum Gasteiger partial charge on any atom is 0.309 e. The van der Waals surface area contributed by atoms with E-state index in [2.05, 4.69) is 5.32 Å². The molecule has 5 nitrogen and oxygen atoms in total. The van der Waals surface area contributed by atoms with Crippen molar-refractivity contribution in [2.45, 2.75) is 6.42 Å². The Hall–Kier alpha value is -2.82. The van der Waals surface area contributed by atoms with Gasteiger partial charge < -0.3 is 15.8 Å². The van der Waals surface area contributed by atoms with Crippen molar-refractivity contribution in [3.05, 3.63) is 60.2 Å². The van der Waals surface area contributed by atoms with E-state index < -0.39 is 11.8 Å². The summed E-state index contributed by atoms with van der Waals surface area (Å²) in [5, 5.41) is 2.44. The summed E-state index contributed by atoms with van der Waals surface area (Å²) in [4.78, 5) is 21.5. The van der Waals surface area contributed by atoms with Gasteiger partial charge in [-0.3, -0.25) is 9.59 Å². The molecule has 0 saturated carbocycles. The third-order valence-corrected chi connectivity index (χ3v) is 2.83. The molecule has 2 rings (SSSR count).